The average molecular weight is 369 g/mol. The normalized spacial score (nSPS) is 22.6. The summed E-state index contributed by atoms with van der Waals surface area (Å²) in [5, 5.41) is 0. The molecule has 0 unspecified atom stereocenters. The first-order valence-corrected chi connectivity index (χ1v) is 11.1. The number of esters is 2. The Morgan fingerprint density at radius 3 is 0.885 bits per heavy atom. The second-order valence-corrected chi connectivity index (χ2v) is 7.60. The Balaban J connectivity index is 2.16. The second kappa shape index (κ2) is 17.4. The highest BCUT2D eigenvalue weighted by Crippen LogP contribution is 2.14. The summed E-state index contributed by atoms with van der Waals surface area (Å²) in [6.45, 7) is 0.370. The zero-order chi connectivity index (χ0) is 18.7. The number of carbonyl (C=O) groups is 2. The summed E-state index contributed by atoms with van der Waals surface area (Å²) >= 11 is 0. The van der Waals surface area contributed by atoms with E-state index < -0.39 is 0 Å². The van der Waals surface area contributed by atoms with Gasteiger partial charge in [0.25, 0.3) is 0 Å². The van der Waals surface area contributed by atoms with Gasteiger partial charge in [0.15, 0.2) is 0 Å². The molecule has 0 spiro atoms. The van der Waals surface area contributed by atoms with Gasteiger partial charge in [0, 0.05) is 12.8 Å². The van der Waals surface area contributed by atoms with E-state index >= 15 is 0 Å². The summed E-state index contributed by atoms with van der Waals surface area (Å²) < 4.78 is 10.2. The lowest BCUT2D eigenvalue weighted by atomic mass is 10.0. The first kappa shape index (κ1) is 23.0. The Morgan fingerprint density at radius 2 is 0.615 bits per heavy atom. The maximum atomic E-state index is 11.6. The van der Waals surface area contributed by atoms with Crippen LogP contribution in [0.25, 0.3) is 0 Å². The quantitative estimate of drug-likeness (QED) is 0.484. The topological polar surface area (TPSA) is 52.6 Å². The Kier molecular flexibility index (Phi) is 15.3. The number of ether oxygens (including phenoxy) is 2. The van der Waals surface area contributed by atoms with Crippen LogP contribution in [0.3, 0.4) is 0 Å². The van der Waals surface area contributed by atoms with E-state index in [1.54, 1.807) is 0 Å². The summed E-state index contributed by atoms with van der Waals surface area (Å²) in [5.41, 5.74) is 0. The summed E-state index contributed by atoms with van der Waals surface area (Å²) in [7, 11) is 0. The highest BCUT2D eigenvalue weighted by Gasteiger charge is 2.06. The lowest BCUT2D eigenvalue weighted by Crippen LogP contribution is -2.13. The zero-order valence-corrected chi connectivity index (χ0v) is 16.8. The van der Waals surface area contributed by atoms with Gasteiger partial charge in [-0.1, -0.05) is 89.9 Å². The molecule has 1 rings (SSSR count). The van der Waals surface area contributed by atoms with Gasteiger partial charge in [-0.25, -0.2) is 0 Å². The van der Waals surface area contributed by atoms with E-state index in [2.05, 4.69) is 0 Å². The first-order valence-electron chi connectivity index (χ1n) is 11.1. The van der Waals surface area contributed by atoms with Crippen LogP contribution < -0.4 is 0 Å². The third-order valence-corrected chi connectivity index (χ3v) is 5.12. The van der Waals surface area contributed by atoms with Crippen molar-refractivity contribution < 1.29 is 19.1 Å². The summed E-state index contributed by atoms with van der Waals surface area (Å²) in [4.78, 5) is 23.2. The molecule has 1 aliphatic rings. The smallest absolute Gasteiger partial charge is 0.305 e. The lowest BCUT2D eigenvalue weighted by molar-refractivity contribution is -0.152. The molecule has 0 bridgehead atoms. The van der Waals surface area contributed by atoms with Crippen LogP contribution in [0.4, 0.5) is 0 Å². The van der Waals surface area contributed by atoms with Crippen molar-refractivity contribution in [2.24, 2.45) is 0 Å². The van der Waals surface area contributed by atoms with Gasteiger partial charge >= 0.3 is 11.9 Å². The fourth-order valence-electron chi connectivity index (χ4n) is 3.47. The van der Waals surface area contributed by atoms with Crippen LogP contribution in [-0.2, 0) is 19.1 Å². The molecule has 0 aliphatic carbocycles. The Morgan fingerprint density at radius 1 is 0.385 bits per heavy atom. The van der Waals surface area contributed by atoms with E-state index in [-0.39, 0.29) is 25.2 Å². The summed E-state index contributed by atoms with van der Waals surface area (Å²) in [6.07, 6.45) is 20.9. The standard InChI is InChI=1S/C22H40O4/c23-21-17-15-13-11-9-7-5-3-1-2-4-6-8-10-12-14-16-18-22(24)26-20-19-25-21/h1-20H2. The molecule has 0 aromatic rings. The van der Waals surface area contributed by atoms with E-state index in [0.717, 1.165) is 25.7 Å². The van der Waals surface area contributed by atoms with Crippen molar-refractivity contribution in [3.05, 3.63) is 0 Å². The van der Waals surface area contributed by atoms with Crippen LogP contribution in [0.1, 0.15) is 116 Å². The molecule has 0 amide bonds. The minimum absolute atomic E-state index is 0.171. The first-order chi connectivity index (χ1) is 12.8. The molecule has 0 saturated carbocycles. The van der Waals surface area contributed by atoms with Gasteiger partial charge in [0.05, 0.1) is 0 Å². The molecule has 1 aliphatic heterocycles. The fraction of sp³-hybridized carbons (Fsp3) is 0.909. The Hall–Kier alpha value is -1.06. The van der Waals surface area contributed by atoms with Crippen molar-refractivity contribution >= 4 is 11.9 Å². The molecule has 152 valence electrons. The molecular formula is C22H40O4. The molecule has 0 N–H and O–H groups in total. The minimum atomic E-state index is -0.171. The monoisotopic (exact) mass is 368 g/mol. The average Bonchev–Trinajstić information content (AvgIpc) is 2.63. The molecule has 0 aromatic carbocycles. The predicted molar refractivity (Wildman–Crippen MR) is 105 cm³/mol. The van der Waals surface area contributed by atoms with Crippen molar-refractivity contribution in [1.29, 1.82) is 0 Å². The number of hydrogen-bond acceptors (Lipinski definition) is 4. The van der Waals surface area contributed by atoms with Crippen LogP contribution in [0.15, 0.2) is 0 Å². The summed E-state index contributed by atoms with van der Waals surface area (Å²) in [6, 6.07) is 0. The maximum absolute atomic E-state index is 11.6. The van der Waals surface area contributed by atoms with Gasteiger partial charge in [-0.05, 0) is 12.8 Å². The third kappa shape index (κ3) is 15.2. The molecule has 26 heavy (non-hydrogen) atoms. The number of cyclic esters (lactones) is 2. The van der Waals surface area contributed by atoms with E-state index in [9.17, 15) is 9.59 Å². The zero-order valence-electron chi connectivity index (χ0n) is 16.8. The van der Waals surface area contributed by atoms with E-state index in [4.69, 9.17) is 9.47 Å². The fourth-order valence-corrected chi connectivity index (χ4v) is 3.47. The molecule has 0 atom stereocenters. The number of hydrogen-bond donors (Lipinski definition) is 0. The SMILES string of the molecule is O=C1CCCCCCCCCCCCCCCCCCC(=O)OCCO1. The van der Waals surface area contributed by atoms with Gasteiger partial charge < -0.3 is 9.47 Å². The van der Waals surface area contributed by atoms with Crippen LogP contribution >= 0.6 is 0 Å². The van der Waals surface area contributed by atoms with Crippen LogP contribution in [0.5, 0.6) is 0 Å². The van der Waals surface area contributed by atoms with Crippen molar-refractivity contribution in [2.45, 2.75) is 116 Å². The Labute approximate surface area is 160 Å². The van der Waals surface area contributed by atoms with Crippen molar-refractivity contribution in [3.63, 3.8) is 0 Å². The molecular weight excluding hydrogens is 328 g/mol. The largest absolute Gasteiger partial charge is 0.462 e. The molecule has 4 heteroatoms. The van der Waals surface area contributed by atoms with Gasteiger partial charge in [-0.2, -0.15) is 0 Å². The van der Waals surface area contributed by atoms with Gasteiger partial charge in [-0.15, -0.1) is 0 Å². The summed E-state index contributed by atoms with van der Waals surface area (Å²) in [5.74, 6) is -0.342. The highest BCUT2D eigenvalue weighted by molar-refractivity contribution is 5.70. The second-order valence-electron chi connectivity index (χ2n) is 7.60. The van der Waals surface area contributed by atoms with Crippen LogP contribution in [0, 0.1) is 0 Å². The third-order valence-electron chi connectivity index (χ3n) is 5.12. The van der Waals surface area contributed by atoms with E-state index in [0.29, 0.717) is 12.8 Å². The van der Waals surface area contributed by atoms with Crippen molar-refractivity contribution in [2.75, 3.05) is 13.2 Å². The van der Waals surface area contributed by atoms with E-state index in [1.165, 1.54) is 77.0 Å². The number of carbonyl (C=O) groups excluding carboxylic acids is 2. The van der Waals surface area contributed by atoms with E-state index in [1.807, 2.05) is 0 Å². The Bertz CT molecular complexity index is 320. The lowest BCUT2D eigenvalue weighted by Gasteiger charge is -2.07. The molecule has 4 nitrogen and oxygen atoms in total. The predicted octanol–water partition coefficient (Wildman–Crippen LogP) is 6.11. The molecule has 0 radical (unpaired) electrons. The van der Waals surface area contributed by atoms with Gasteiger partial charge in [0.1, 0.15) is 13.2 Å². The van der Waals surface area contributed by atoms with Crippen LogP contribution in [-0.4, -0.2) is 25.2 Å². The minimum Gasteiger partial charge on any atom is -0.462 e. The highest BCUT2D eigenvalue weighted by atomic mass is 16.6. The molecule has 1 saturated heterocycles. The molecule has 1 fully saturated rings. The van der Waals surface area contributed by atoms with Gasteiger partial charge in [0.2, 0.25) is 0 Å². The number of rotatable bonds is 0. The van der Waals surface area contributed by atoms with Gasteiger partial charge in [-0.3, -0.25) is 9.59 Å². The molecule has 1 heterocycles. The molecule has 0 aromatic heterocycles. The van der Waals surface area contributed by atoms with Crippen molar-refractivity contribution in [3.8, 4) is 0 Å². The van der Waals surface area contributed by atoms with Crippen molar-refractivity contribution in [1.82, 2.24) is 0 Å². The maximum Gasteiger partial charge on any atom is 0.305 e. The van der Waals surface area contributed by atoms with Crippen LogP contribution in [0.2, 0.25) is 0 Å².